The van der Waals surface area contributed by atoms with Crippen LogP contribution in [0, 0.1) is 0 Å². The third-order valence-electron chi connectivity index (χ3n) is 3.94. The lowest BCUT2D eigenvalue weighted by Gasteiger charge is -2.06. The summed E-state index contributed by atoms with van der Waals surface area (Å²) in [6, 6.07) is 15.5. The summed E-state index contributed by atoms with van der Waals surface area (Å²) in [7, 11) is 0. The van der Waals surface area contributed by atoms with E-state index in [-0.39, 0.29) is 5.91 Å². The quantitative estimate of drug-likeness (QED) is 0.628. The monoisotopic (exact) mass is 371 g/mol. The highest BCUT2D eigenvalue weighted by Gasteiger charge is 2.14. The fraction of sp³-hybridized carbons (Fsp3) is 0.250. The number of hydrogen-bond donors (Lipinski definition) is 2. The Balaban J connectivity index is 1.57. The van der Waals surface area contributed by atoms with Gasteiger partial charge in [0.1, 0.15) is 6.10 Å². The molecule has 0 aliphatic rings. The lowest BCUT2D eigenvalue weighted by Crippen LogP contribution is -2.22. The fourth-order valence-corrected chi connectivity index (χ4v) is 4.36. The van der Waals surface area contributed by atoms with Gasteiger partial charge in [0.05, 0.1) is 6.54 Å². The minimum atomic E-state index is -0.583. The van der Waals surface area contributed by atoms with Crippen LogP contribution in [0.15, 0.2) is 53.9 Å². The molecule has 0 spiro atoms. The average molecular weight is 372 g/mol. The molecule has 1 unspecified atom stereocenters. The van der Waals surface area contributed by atoms with Gasteiger partial charge in [-0.1, -0.05) is 31.5 Å². The second kappa shape index (κ2) is 8.43. The number of aliphatic hydroxyl groups is 1. The van der Waals surface area contributed by atoms with Gasteiger partial charge < -0.3 is 10.4 Å². The van der Waals surface area contributed by atoms with Crippen molar-refractivity contribution in [2.24, 2.45) is 0 Å². The summed E-state index contributed by atoms with van der Waals surface area (Å²) >= 11 is 3.07. The van der Waals surface area contributed by atoms with Crippen LogP contribution in [0.5, 0.6) is 0 Å². The molecule has 1 amide bonds. The average Bonchev–Trinajstić information content (AvgIpc) is 3.32. The van der Waals surface area contributed by atoms with E-state index in [9.17, 15) is 9.90 Å². The first-order valence-corrected chi connectivity index (χ1v) is 10.0. The van der Waals surface area contributed by atoms with Gasteiger partial charge in [-0.25, -0.2) is 0 Å². The standard InChI is InChI=1S/C20H21NO2S2/c1-2-4-14-6-8-15(9-7-14)20(23)21-13-16-10-11-18(25-16)19(22)17-5-3-12-24-17/h3,5-12,19,22H,2,4,13H2,1H3,(H,21,23). The first-order chi connectivity index (χ1) is 12.2. The van der Waals surface area contributed by atoms with E-state index in [0.717, 1.165) is 27.5 Å². The van der Waals surface area contributed by atoms with Gasteiger partial charge in [-0.15, -0.1) is 22.7 Å². The zero-order valence-corrected chi connectivity index (χ0v) is 15.7. The van der Waals surface area contributed by atoms with Crippen molar-refractivity contribution >= 4 is 28.6 Å². The van der Waals surface area contributed by atoms with Crippen LogP contribution in [0.2, 0.25) is 0 Å². The van der Waals surface area contributed by atoms with Gasteiger partial charge >= 0.3 is 0 Å². The lowest BCUT2D eigenvalue weighted by molar-refractivity contribution is 0.0951. The third kappa shape index (κ3) is 4.57. The fourth-order valence-electron chi connectivity index (χ4n) is 2.60. The SMILES string of the molecule is CCCc1ccc(C(=O)NCc2ccc(C(O)c3cccs3)s2)cc1. The van der Waals surface area contributed by atoms with Crippen LogP contribution >= 0.6 is 22.7 Å². The molecular formula is C20H21NO2S2. The second-order valence-electron chi connectivity index (χ2n) is 5.85. The van der Waals surface area contributed by atoms with Crippen molar-refractivity contribution < 1.29 is 9.90 Å². The topological polar surface area (TPSA) is 49.3 Å². The predicted octanol–water partition coefficient (Wildman–Crippen LogP) is 4.77. The maximum Gasteiger partial charge on any atom is 0.251 e. The number of benzene rings is 1. The van der Waals surface area contributed by atoms with Gasteiger partial charge in [-0.2, -0.15) is 0 Å². The van der Waals surface area contributed by atoms with Gasteiger partial charge in [-0.05, 0) is 47.7 Å². The zero-order valence-electron chi connectivity index (χ0n) is 14.1. The molecule has 2 N–H and O–H groups in total. The normalized spacial score (nSPS) is 12.1. The molecule has 2 aromatic heterocycles. The van der Waals surface area contributed by atoms with Crippen LogP contribution in [-0.4, -0.2) is 11.0 Å². The van der Waals surface area contributed by atoms with Crippen molar-refractivity contribution in [2.75, 3.05) is 0 Å². The number of carbonyl (C=O) groups is 1. The molecule has 0 bridgehead atoms. The van der Waals surface area contributed by atoms with Crippen LogP contribution in [0.3, 0.4) is 0 Å². The molecule has 0 fully saturated rings. The Kier molecular flexibility index (Phi) is 6.02. The van der Waals surface area contributed by atoms with Gasteiger partial charge in [-0.3, -0.25) is 4.79 Å². The van der Waals surface area contributed by atoms with Crippen molar-refractivity contribution in [3.05, 3.63) is 79.7 Å². The van der Waals surface area contributed by atoms with E-state index < -0.39 is 6.10 Å². The van der Waals surface area contributed by atoms with Gasteiger partial charge in [0, 0.05) is 20.2 Å². The second-order valence-corrected chi connectivity index (χ2v) is 8.03. The maximum atomic E-state index is 12.3. The summed E-state index contributed by atoms with van der Waals surface area (Å²) in [6.45, 7) is 2.61. The molecule has 5 heteroatoms. The molecule has 2 heterocycles. The third-order valence-corrected chi connectivity index (χ3v) is 6.00. The zero-order chi connectivity index (χ0) is 17.6. The Morgan fingerprint density at radius 2 is 1.92 bits per heavy atom. The van der Waals surface area contributed by atoms with E-state index in [4.69, 9.17) is 0 Å². The summed E-state index contributed by atoms with van der Waals surface area (Å²) in [5.74, 6) is -0.0724. The van der Waals surface area contributed by atoms with Crippen LogP contribution in [0.4, 0.5) is 0 Å². The summed E-state index contributed by atoms with van der Waals surface area (Å²) in [6.07, 6.45) is 1.55. The number of aryl methyl sites for hydroxylation is 1. The predicted molar refractivity (Wildman–Crippen MR) is 104 cm³/mol. The van der Waals surface area contributed by atoms with Gasteiger partial charge in [0.25, 0.3) is 5.91 Å². The smallest absolute Gasteiger partial charge is 0.251 e. The number of amides is 1. The van der Waals surface area contributed by atoms with Crippen molar-refractivity contribution in [2.45, 2.75) is 32.4 Å². The molecule has 1 aromatic carbocycles. The van der Waals surface area contributed by atoms with E-state index in [2.05, 4.69) is 12.2 Å². The minimum Gasteiger partial charge on any atom is -0.382 e. The summed E-state index contributed by atoms with van der Waals surface area (Å²) in [4.78, 5) is 15.1. The number of nitrogens with one attached hydrogen (secondary N) is 1. The van der Waals surface area contributed by atoms with Crippen LogP contribution in [0.25, 0.3) is 0 Å². The molecule has 25 heavy (non-hydrogen) atoms. The summed E-state index contributed by atoms with van der Waals surface area (Å²) in [5.41, 5.74) is 1.93. The highest BCUT2D eigenvalue weighted by atomic mass is 32.1. The minimum absolute atomic E-state index is 0.0724. The van der Waals surface area contributed by atoms with E-state index in [1.807, 2.05) is 53.9 Å². The Labute approximate surface area is 156 Å². The summed E-state index contributed by atoms with van der Waals surface area (Å²) in [5, 5.41) is 15.3. The van der Waals surface area contributed by atoms with Gasteiger partial charge in [0.2, 0.25) is 0 Å². The molecular weight excluding hydrogens is 350 g/mol. The number of rotatable bonds is 7. The molecule has 0 saturated carbocycles. The largest absolute Gasteiger partial charge is 0.382 e. The van der Waals surface area contributed by atoms with Crippen LogP contribution in [-0.2, 0) is 13.0 Å². The Morgan fingerprint density at radius 1 is 1.12 bits per heavy atom. The Hall–Kier alpha value is -1.95. The molecule has 0 aliphatic heterocycles. The Bertz CT molecular complexity index is 807. The van der Waals surface area contributed by atoms with Crippen molar-refractivity contribution in [1.29, 1.82) is 0 Å². The summed E-state index contributed by atoms with van der Waals surface area (Å²) < 4.78 is 0. The van der Waals surface area contributed by atoms with E-state index in [0.29, 0.717) is 12.1 Å². The van der Waals surface area contributed by atoms with E-state index >= 15 is 0 Å². The molecule has 3 aromatic rings. The molecule has 3 nitrogen and oxygen atoms in total. The molecule has 0 aliphatic carbocycles. The number of thiophene rings is 2. The maximum absolute atomic E-state index is 12.3. The molecule has 0 saturated heterocycles. The molecule has 130 valence electrons. The van der Waals surface area contributed by atoms with Crippen LogP contribution in [0.1, 0.15) is 50.0 Å². The Morgan fingerprint density at radius 3 is 2.60 bits per heavy atom. The van der Waals surface area contributed by atoms with Crippen molar-refractivity contribution in [3.63, 3.8) is 0 Å². The van der Waals surface area contributed by atoms with Crippen LogP contribution < -0.4 is 5.32 Å². The number of aliphatic hydroxyl groups excluding tert-OH is 1. The highest BCUT2D eigenvalue weighted by Crippen LogP contribution is 2.30. The number of hydrogen-bond acceptors (Lipinski definition) is 4. The van der Waals surface area contributed by atoms with E-state index in [1.54, 1.807) is 11.3 Å². The van der Waals surface area contributed by atoms with Gasteiger partial charge in [0.15, 0.2) is 0 Å². The highest BCUT2D eigenvalue weighted by molar-refractivity contribution is 7.12. The number of carbonyl (C=O) groups excluding carboxylic acids is 1. The first-order valence-electron chi connectivity index (χ1n) is 8.34. The lowest BCUT2D eigenvalue weighted by atomic mass is 10.1. The molecule has 0 radical (unpaired) electrons. The first kappa shape index (κ1) is 17.9. The molecule has 3 rings (SSSR count). The van der Waals surface area contributed by atoms with Crippen molar-refractivity contribution in [1.82, 2.24) is 5.32 Å². The van der Waals surface area contributed by atoms with Crippen molar-refractivity contribution in [3.8, 4) is 0 Å². The molecule has 1 atom stereocenters. The van der Waals surface area contributed by atoms with E-state index in [1.165, 1.54) is 16.9 Å².